The summed E-state index contributed by atoms with van der Waals surface area (Å²) in [5.74, 6) is 1.92. The molecule has 4 aliphatic heterocycles. The van der Waals surface area contributed by atoms with Crippen molar-refractivity contribution in [3.63, 3.8) is 0 Å². The molecule has 2 aromatic heterocycles. The van der Waals surface area contributed by atoms with Crippen molar-refractivity contribution in [3.8, 4) is 0 Å². The number of likely N-dealkylation sites (tertiary alicyclic amines) is 1. The quantitative estimate of drug-likeness (QED) is 0.157. The minimum Gasteiger partial charge on any atom is -0.444 e. The van der Waals surface area contributed by atoms with Gasteiger partial charge in [-0.25, -0.2) is 23.5 Å². The second kappa shape index (κ2) is 14.7. The van der Waals surface area contributed by atoms with E-state index in [-0.39, 0.29) is 42.0 Å². The van der Waals surface area contributed by atoms with Crippen LogP contribution in [0.1, 0.15) is 151 Å². The van der Waals surface area contributed by atoms with E-state index in [4.69, 9.17) is 14.7 Å². The fourth-order valence-electron chi connectivity index (χ4n) is 12.2. The van der Waals surface area contributed by atoms with Crippen LogP contribution in [0.2, 0.25) is 0 Å². The van der Waals surface area contributed by atoms with Crippen molar-refractivity contribution in [1.29, 1.82) is 0 Å². The monoisotopic (exact) mass is 816 g/mol. The molecule has 0 spiro atoms. The zero-order chi connectivity index (χ0) is 40.9. The number of hydrogen-bond acceptors (Lipinski definition) is 7. The van der Waals surface area contributed by atoms with Crippen LogP contribution in [-0.4, -0.2) is 61.7 Å². The van der Waals surface area contributed by atoms with Crippen molar-refractivity contribution >= 4 is 39.5 Å². The number of nitrogens with zero attached hydrogens (tertiary/aromatic N) is 5. The van der Waals surface area contributed by atoms with Gasteiger partial charge in [-0.1, -0.05) is 25.0 Å². The smallest absolute Gasteiger partial charge is 0.411 e. The Morgan fingerprint density at radius 2 is 1.35 bits per heavy atom. The van der Waals surface area contributed by atoms with E-state index in [2.05, 4.69) is 50.5 Å². The number of imidazole rings is 2. The number of rotatable bonds is 6. The number of carbonyl (C=O) groups is 1. The predicted octanol–water partition coefficient (Wildman–Crippen LogP) is 10.8. The molecule has 0 unspecified atom stereocenters. The van der Waals surface area contributed by atoms with Crippen LogP contribution in [-0.2, 0) is 4.74 Å². The van der Waals surface area contributed by atoms with Gasteiger partial charge in [0.25, 0.3) is 0 Å². The molecular weight excluding hydrogens is 759 g/mol. The number of H-pyrrole nitrogens is 2. The van der Waals surface area contributed by atoms with Crippen LogP contribution in [0.15, 0.2) is 48.5 Å². The lowest BCUT2D eigenvalue weighted by Gasteiger charge is -2.35. The number of aromatic nitrogens is 4. The first-order chi connectivity index (χ1) is 29.0. The number of hydrogen-bond donors (Lipinski definition) is 3. The lowest BCUT2D eigenvalue weighted by molar-refractivity contribution is 0.0130. The first-order valence-electron chi connectivity index (χ1n) is 22.8. The van der Waals surface area contributed by atoms with Crippen molar-refractivity contribution in [2.75, 3.05) is 22.9 Å². The second-order valence-corrected chi connectivity index (χ2v) is 19.8. The Labute approximate surface area is 350 Å². The summed E-state index contributed by atoms with van der Waals surface area (Å²) >= 11 is 0. The molecular formula is C48H58F2N8O2. The van der Waals surface area contributed by atoms with Gasteiger partial charge in [0.1, 0.15) is 22.9 Å². The van der Waals surface area contributed by atoms with Crippen molar-refractivity contribution in [1.82, 2.24) is 30.2 Å². The molecule has 2 aliphatic carbocycles. The van der Waals surface area contributed by atoms with Gasteiger partial charge in [-0.15, -0.1) is 0 Å². The third kappa shape index (κ3) is 6.72. The van der Waals surface area contributed by atoms with Gasteiger partial charge in [-0.2, -0.15) is 0 Å². The Kier molecular flexibility index (Phi) is 9.39. The van der Waals surface area contributed by atoms with Gasteiger partial charge in [0.05, 0.1) is 46.2 Å². The number of anilines is 2. The lowest BCUT2D eigenvalue weighted by atomic mass is 10.0. The Balaban J connectivity index is 0.937. The Morgan fingerprint density at radius 3 is 2.02 bits per heavy atom. The average Bonchev–Trinajstić information content (AvgIpc) is 4.06. The van der Waals surface area contributed by atoms with Crippen molar-refractivity contribution in [3.05, 3.63) is 82.9 Å². The van der Waals surface area contributed by atoms with E-state index < -0.39 is 17.2 Å². The summed E-state index contributed by atoms with van der Waals surface area (Å²) in [5, 5.41) is 3.84. The first kappa shape index (κ1) is 38.2. The molecule has 0 radical (unpaired) electrons. The molecule has 4 saturated heterocycles. The van der Waals surface area contributed by atoms with E-state index in [1.165, 1.54) is 19.3 Å². The van der Waals surface area contributed by atoms with Crippen LogP contribution >= 0.6 is 0 Å². The number of halogens is 2. The highest BCUT2D eigenvalue weighted by Crippen LogP contribution is 2.50. The van der Waals surface area contributed by atoms with E-state index in [0.717, 1.165) is 115 Å². The number of nitrogens with one attached hydrogen (secondary N) is 3. The van der Waals surface area contributed by atoms with Gasteiger partial charge in [-0.3, -0.25) is 4.90 Å². The molecule has 0 bridgehead atoms. The summed E-state index contributed by atoms with van der Waals surface area (Å²) < 4.78 is 38.5. The molecule has 316 valence electrons. The average molecular weight is 817 g/mol. The first-order valence-corrected chi connectivity index (χ1v) is 22.8. The van der Waals surface area contributed by atoms with E-state index in [0.29, 0.717) is 30.7 Å². The van der Waals surface area contributed by atoms with E-state index in [9.17, 15) is 4.79 Å². The summed E-state index contributed by atoms with van der Waals surface area (Å²) in [5.41, 5.74) is 5.84. The van der Waals surface area contributed by atoms with E-state index in [1.807, 2.05) is 36.6 Å². The third-order valence-electron chi connectivity index (χ3n) is 14.9. The van der Waals surface area contributed by atoms with Gasteiger partial charge in [0, 0.05) is 30.9 Å². The molecule has 60 heavy (non-hydrogen) atoms. The van der Waals surface area contributed by atoms with Gasteiger partial charge in [0.2, 0.25) is 0 Å². The molecule has 8 atom stereocenters. The zero-order valence-electron chi connectivity index (χ0n) is 35.2. The van der Waals surface area contributed by atoms with Crippen molar-refractivity contribution in [2.24, 2.45) is 11.8 Å². The molecule has 6 fully saturated rings. The molecule has 5 aromatic rings. The Hall–Kier alpha value is -4.71. The highest BCUT2D eigenvalue weighted by atomic mass is 19.1. The summed E-state index contributed by atoms with van der Waals surface area (Å²) in [7, 11) is 0. The SMILES string of the molecule is CC(C)(C)OC(=O)N1[C@H](c2nc3ccc([C@H]4CC[C@H](c5ccc6nc([C@@H]7C[C@@H]8CCC[C@@H]8N7)[nH]c6c5)N4c4cc(F)c(N5CCCCC5)c(F)c4)cc3[nH]2)C[C@@H]2CCC[C@@H]21. The lowest BCUT2D eigenvalue weighted by Crippen LogP contribution is -2.41. The molecule has 6 aliphatic rings. The largest absolute Gasteiger partial charge is 0.444 e. The molecule has 3 aromatic carbocycles. The van der Waals surface area contributed by atoms with Gasteiger partial charge in [0.15, 0.2) is 11.6 Å². The van der Waals surface area contributed by atoms with Gasteiger partial charge < -0.3 is 29.8 Å². The standard InChI is InChI=1S/C48H58F2N8O2/c1-48(2,3)60-47(59)58-40-12-8-10-28(40)24-43(58)46-53-36-16-14-30(23-38(36)55-46)42-18-17-41(57(42)31-25-32(49)44(33(50)26-31)56-19-5-4-6-20-56)29-13-15-35-37(22-29)54-45(52-35)39-21-27-9-7-11-34(27)51-39/h13-16,22-23,25-28,34,39-43,51H,4-12,17-21,24H2,1-3H3,(H,52,54)(H,53,55)/t27-,28-,34-,39-,40-,41+,42+,43-/m0/s1. The van der Waals surface area contributed by atoms with Crippen LogP contribution in [0.5, 0.6) is 0 Å². The maximum Gasteiger partial charge on any atom is 0.411 e. The highest BCUT2D eigenvalue weighted by molar-refractivity contribution is 5.78. The summed E-state index contributed by atoms with van der Waals surface area (Å²) in [6.45, 7) is 7.07. The predicted molar refractivity (Wildman–Crippen MR) is 230 cm³/mol. The van der Waals surface area contributed by atoms with Crippen LogP contribution in [0.25, 0.3) is 22.1 Å². The third-order valence-corrected chi connectivity index (χ3v) is 14.9. The van der Waals surface area contributed by atoms with Crippen LogP contribution in [0.4, 0.5) is 25.0 Å². The van der Waals surface area contributed by atoms with Gasteiger partial charge >= 0.3 is 6.09 Å². The molecule has 6 heterocycles. The summed E-state index contributed by atoms with van der Waals surface area (Å²) in [4.78, 5) is 37.2. The molecule has 1 amide bonds. The normalized spacial score (nSPS) is 29.3. The van der Waals surface area contributed by atoms with Crippen LogP contribution in [0, 0.1) is 23.5 Å². The molecule has 11 rings (SSSR count). The topological polar surface area (TPSA) is 105 Å². The number of aromatic amines is 2. The highest BCUT2D eigenvalue weighted by Gasteiger charge is 2.49. The number of carbonyl (C=O) groups excluding carboxylic acids is 1. The fraction of sp³-hybridized carbons (Fsp3) is 0.562. The number of amides is 1. The molecule has 10 nitrogen and oxygen atoms in total. The fourth-order valence-corrected chi connectivity index (χ4v) is 12.2. The maximum atomic E-state index is 16.3. The number of piperidine rings is 1. The second-order valence-electron chi connectivity index (χ2n) is 19.8. The Bertz CT molecular complexity index is 2400. The van der Waals surface area contributed by atoms with E-state index >= 15 is 8.78 Å². The summed E-state index contributed by atoms with van der Waals surface area (Å²) in [6, 6.07) is 16.4. The van der Waals surface area contributed by atoms with Crippen molar-refractivity contribution < 1.29 is 18.3 Å². The van der Waals surface area contributed by atoms with Crippen LogP contribution in [0.3, 0.4) is 0 Å². The summed E-state index contributed by atoms with van der Waals surface area (Å²) in [6.07, 6.45) is 13.3. The molecule has 2 saturated carbocycles. The number of fused-ring (bicyclic) bond motifs is 4. The minimum absolute atomic E-state index is 0.0877. The van der Waals surface area contributed by atoms with Gasteiger partial charge in [-0.05, 0) is 151 Å². The number of benzene rings is 3. The molecule has 12 heteroatoms. The molecule has 3 N–H and O–H groups in total. The van der Waals surface area contributed by atoms with Crippen LogP contribution < -0.4 is 15.1 Å². The zero-order valence-corrected chi connectivity index (χ0v) is 35.2. The minimum atomic E-state index is -0.592. The van der Waals surface area contributed by atoms with Crippen molar-refractivity contribution in [2.45, 2.75) is 146 Å². The van der Waals surface area contributed by atoms with E-state index in [1.54, 1.807) is 12.1 Å². The Morgan fingerprint density at radius 1 is 0.717 bits per heavy atom. The number of ether oxygens (including phenoxy) is 1. The maximum absolute atomic E-state index is 16.3.